The summed E-state index contributed by atoms with van der Waals surface area (Å²) in [5.74, 6) is -0.953. The van der Waals surface area contributed by atoms with Gasteiger partial charge in [-0.1, -0.05) is 32.1 Å². The van der Waals surface area contributed by atoms with Crippen LogP contribution in [0.1, 0.15) is 38.5 Å². The molecular weight excluding hydrogens is 235 g/mol. The molecule has 1 aliphatic carbocycles. The number of carboxylic acid groups (broad SMARTS) is 1. The molecule has 0 aliphatic heterocycles. The van der Waals surface area contributed by atoms with Crippen molar-refractivity contribution in [3.8, 4) is 0 Å². The third-order valence-corrected chi connectivity index (χ3v) is 3.14. The highest BCUT2D eigenvalue weighted by Gasteiger charge is 2.31. The predicted octanol–water partition coefficient (Wildman–Crippen LogP) is 2.56. The van der Waals surface area contributed by atoms with Crippen molar-refractivity contribution in [2.45, 2.75) is 50.7 Å². The van der Waals surface area contributed by atoms with E-state index in [0.717, 1.165) is 32.1 Å². The molecule has 1 unspecified atom stereocenters. The van der Waals surface area contributed by atoms with Crippen molar-refractivity contribution < 1.29 is 23.1 Å². The molecule has 3 nitrogen and oxygen atoms in total. The second kappa shape index (κ2) is 6.23. The van der Waals surface area contributed by atoms with Crippen LogP contribution in [0.2, 0.25) is 0 Å². The lowest BCUT2D eigenvalue weighted by atomic mass is 9.85. The highest BCUT2D eigenvalue weighted by molar-refractivity contribution is 5.73. The van der Waals surface area contributed by atoms with E-state index in [-0.39, 0.29) is 5.92 Å². The van der Waals surface area contributed by atoms with Crippen LogP contribution in [0, 0.1) is 5.92 Å². The normalized spacial score (nSPS) is 20.2. The summed E-state index contributed by atoms with van der Waals surface area (Å²) in [6, 6.07) is -1.08. The van der Waals surface area contributed by atoms with Gasteiger partial charge in [-0.25, -0.2) is 0 Å². The van der Waals surface area contributed by atoms with Crippen LogP contribution in [-0.2, 0) is 4.79 Å². The van der Waals surface area contributed by atoms with Crippen molar-refractivity contribution in [2.24, 2.45) is 5.92 Å². The molecule has 0 saturated heterocycles. The number of carboxylic acids is 1. The topological polar surface area (TPSA) is 49.3 Å². The van der Waals surface area contributed by atoms with E-state index < -0.39 is 24.7 Å². The van der Waals surface area contributed by atoms with E-state index in [1.54, 1.807) is 0 Å². The van der Waals surface area contributed by atoms with Gasteiger partial charge in [0.05, 0.1) is 6.54 Å². The maximum atomic E-state index is 12.0. The predicted molar refractivity (Wildman–Crippen MR) is 56.7 cm³/mol. The molecule has 0 bridgehead atoms. The third-order valence-electron chi connectivity index (χ3n) is 3.14. The quantitative estimate of drug-likeness (QED) is 0.791. The van der Waals surface area contributed by atoms with Crippen molar-refractivity contribution in [1.82, 2.24) is 5.32 Å². The molecule has 17 heavy (non-hydrogen) atoms. The third kappa shape index (κ3) is 5.91. The summed E-state index contributed by atoms with van der Waals surface area (Å²) < 4.78 is 36.0. The molecule has 1 saturated carbocycles. The highest BCUT2D eigenvalue weighted by atomic mass is 19.4. The van der Waals surface area contributed by atoms with E-state index in [0.29, 0.717) is 6.42 Å². The van der Waals surface area contributed by atoms with Crippen LogP contribution in [0.25, 0.3) is 0 Å². The van der Waals surface area contributed by atoms with Gasteiger partial charge in [0.25, 0.3) is 0 Å². The van der Waals surface area contributed by atoms with Gasteiger partial charge in [-0.05, 0) is 12.3 Å². The van der Waals surface area contributed by atoms with Crippen LogP contribution in [0.15, 0.2) is 0 Å². The van der Waals surface area contributed by atoms with Crippen LogP contribution in [0.4, 0.5) is 13.2 Å². The number of hydrogen-bond acceptors (Lipinski definition) is 2. The molecule has 0 aromatic rings. The highest BCUT2D eigenvalue weighted by Crippen LogP contribution is 2.27. The molecule has 0 aromatic heterocycles. The largest absolute Gasteiger partial charge is 0.480 e. The molecule has 1 aliphatic rings. The summed E-state index contributed by atoms with van der Waals surface area (Å²) in [6.07, 6.45) is 1.04. The first kappa shape index (κ1) is 14.3. The summed E-state index contributed by atoms with van der Waals surface area (Å²) >= 11 is 0. The summed E-state index contributed by atoms with van der Waals surface area (Å²) in [6.45, 7) is -1.24. The minimum atomic E-state index is -4.36. The average Bonchev–Trinajstić information content (AvgIpc) is 2.24. The number of alkyl halides is 3. The molecule has 0 amide bonds. The maximum absolute atomic E-state index is 12.0. The lowest BCUT2D eigenvalue weighted by Gasteiger charge is -2.25. The fourth-order valence-corrected chi connectivity index (χ4v) is 2.27. The summed E-state index contributed by atoms with van der Waals surface area (Å²) in [5.41, 5.74) is 0. The van der Waals surface area contributed by atoms with Gasteiger partial charge in [0.2, 0.25) is 0 Å². The Hall–Kier alpha value is -0.780. The van der Waals surface area contributed by atoms with Gasteiger partial charge in [0.15, 0.2) is 0 Å². The van der Waals surface area contributed by atoms with Gasteiger partial charge < -0.3 is 5.11 Å². The average molecular weight is 253 g/mol. The van der Waals surface area contributed by atoms with Crippen molar-refractivity contribution in [3.63, 3.8) is 0 Å². The van der Waals surface area contributed by atoms with Crippen molar-refractivity contribution in [2.75, 3.05) is 6.54 Å². The van der Waals surface area contributed by atoms with E-state index in [1.165, 1.54) is 0 Å². The zero-order valence-electron chi connectivity index (χ0n) is 9.59. The minimum absolute atomic E-state index is 0.241. The fourth-order valence-electron chi connectivity index (χ4n) is 2.27. The van der Waals surface area contributed by atoms with E-state index in [9.17, 15) is 18.0 Å². The monoisotopic (exact) mass is 253 g/mol. The molecular formula is C11H18F3NO2. The van der Waals surface area contributed by atoms with Crippen LogP contribution < -0.4 is 5.32 Å². The van der Waals surface area contributed by atoms with Crippen molar-refractivity contribution in [1.29, 1.82) is 0 Å². The number of rotatable bonds is 5. The smallest absolute Gasteiger partial charge is 0.401 e. The molecule has 1 atom stereocenters. The Morgan fingerprint density at radius 1 is 1.29 bits per heavy atom. The number of nitrogens with one attached hydrogen (secondary N) is 1. The SMILES string of the molecule is O=C(O)C(CC1CCCCC1)NCC(F)(F)F. The van der Waals surface area contributed by atoms with Crippen LogP contribution in [0.3, 0.4) is 0 Å². The Morgan fingerprint density at radius 2 is 1.88 bits per heavy atom. The minimum Gasteiger partial charge on any atom is -0.480 e. The zero-order chi connectivity index (χ0) is 12.9. The van der Waals surface area contributed by atoms with Crippen molar-refractivity contribution in [3.05, 3.63) is 0 Å². The van der Waals surface area contributed by atoms with Gasteiger partial charge >= 0.3 is 12.1 Å². The zero-order valence-corrected chi connectivity index (χ0v) is 9.59. The van der Waals surface area contributed by atoms with E-state index in [2.05, 4.69) is 5.32 Å². The number of aliphatic carboxylic acids is 1. The standard InChI is InChI=1S/C11H18F3NO2/c12-11(13,14)7-15-9(10(16)17)6-8-4-2-1-3-5-8/h8-9,15H,1-7H2,(H,16,17). The Bertz CT molecular complexity index is 250. The lowest BCUT2D eigenvalue weighted by Crippen LogP contribution is -2.43. The van der Waals surface area contributed by atoms with Crippen LogP contribution in [-0.4, -0.2) is 29.8 Å². The van der Waals surface area contributed by atoms with Gasteiger partial charge in [0.1, 0.15) is 6.04 Å². The Morgan fingerprint density at radius 3 is 2.35 bits per heavy atom. The van der Waals surface area contributed by atoms with Gasteiger partial charge in [-0.2, -0.15) is 13.2 Å². The number of halogens is 3. The summed E-state index contributed by atoms with van der Waals surface area (Å²) in [7, 11) is 0. The van der Waals surface area contributed by atoms with Crippen LogP contribution in [0.5, 0.6) is 0 Å². The first-order valence-corrected chi connectivity index (χ1v) is 5.91. The molecule has 100 valence electrons. The molecule has 1 fully saturated rings. The van der Waals surface area contributed by atoms with Gasteiger partial charge in [-0.3, -0.25) is 10.1 Å². The Labute approximate surface area is 98.4 Å². The van der Waals surface area contributed by atoms with Crippen LogP contribution >= 0.6 is 0 Å². The molecule has 0 radical (unpaired) electrons. The van der Waals surface area contributed by atoms with Gasteiger partial charge in [0, 0.05) is 0 Å². The lowest BCUT2D eigenvalue weighted by molar-refractivity contribution is -0.144. The molecule has 2 N–H and O–H groups in total. The van der Waals surface area contributed by atoms with Gasteiger partial charge in [-0.15, -0.1) is 0 Å². The van der Waals surface area contributed by atoms with Crippen molar-refractivity contribution >= 4 is 5.97 Å². The Balaban J connectivity index is 2.39. The van der Waals surface area contributed by atoms with E-state index in [1.807, 2.05) is 0 Å². The number of hydrogen-bond donors (Lipinski definition) is 2. The fraction of sp³-hybridized carbons (Fsp3) is 0.909. The molecule has 0 spiro atoms. The van der Waals surface area contributed by atoms with E-state index >= 15 is 0 Å². The molecule has 0 aromatic carbocycles. The second-order valence-corrected chi connectivity index (χ2v) is 4.63. The first-order valence-electron chi connectivity index (χ1n) is 5.91. The summed E-state index contributed by atoms with van der Waals surface area (Å²) in [5, 5.41) is 11.0. The molecule has 6 heteroatoms. The molecule has 1 rings (SSSR count). The summed E-state index contributed by atoms with van der Waals surface area (Å²) in [4.78, 5) is 10.9. The first-order chi connectivity index (χ1) is 7.88. The maximum Gasteiger partial charge on any atom is 0.401 e. The van der Waals surface area contributed by atoms with E-state index in [4.69, 9.17) is 5.11 Å². The number of carbonyl (C=O) groups is 1. The second-order valence-electron chi connectivity index (χ2n) is 4.63. The Kier molecular flexibility index (Phi) is 5.24. The molecule has 0 heterocycles.